The maximum atomic E-state index is 12.2. The number of rotatable bonds is 1. The summed E-state index contributed by atoms with van der Waals surface area (Å²) in [6, 6.07) is 2.18. The van der Waals surface area contributed by atoms with Gasteiger partial charge in [0.1, 0.15) is 11.4 Å². The van der Waals surface area contributed by atoms with Crippen LogP contribution in [0.15, 0.2) is 6.07 Å². The van der Waals surface area contributed by atoms with Gasteiger partial charge >= 0.3 is 0 Å². The molecule has 0 saturated carbocycles. The average molecular weight is 385 g/mol. The first kappa shape index (κ1) is 14.2. The van der Waals surface area contributed by atoms with Crippen molar-refractivity contribution < 1.29 is 9.53 Å². The maximum Gasteiger partial charge on any atom is 0.234 e. The van der Waals surface area contributed by atoms with Crippen molar-refractivity contribution in [2.75, 3.05) is 9.74 Å². The molecule has 1 N–H and O–H groups in total. The lowest BCUT2D eigenvalue weighted by Gasteiger charge is -2.27. The zero-order chi connectivity index (χ0) is 14.9. The predicted molar refractivity (Wildman–Crippen MR) is 89.2 cm³/mol. The minimum Gasteiger partial charge on any atom is -0.485 e. The number of alkyl halides is 1. The van der Waals surface area contributed by atoms with Crippen LogP contribution in [0, 0.1) is 6.92 Å². The average Bonchev–Trinajstić information content (AvgIpc) is 2.77. The Morgan fingerprint density at radius 2 is 2.05 bits per heavy atom. The van der Waals surface area contributed by atoms with Crippen LogP contribution >= 0.6 is 22.6 Å². The zero-order valence-electron chi connectivity index (χ0n) is 12.6. The van der Waals surface area contributed by atoms with Crippen LogP contribution in [0.1, 0.15) is 50.3 Å². The molecule has 2 aliphatic rings. The summed E-state index contributed by atoms with van der Waals surface area (Å²) in [5.41, 5.74) is 3.64. The van der Waals surface area contributed by atoms with Crippen molar-refractivity contribution in [3.05, 3.63) is 22.8 Å². The van der Waals surface area contributed by atoms with E-state index < -0.39 is 5.41 Å². The summed E-state index contributed by atoms with van der Waals surface area (Å²) in [4.78, 5) is 12.2. The Morgan fingerprint density at radius 1 is 1.40 bits per heavy atom. The van der Waals surface area contributed by atoms with Crippen LogP contribution in [-0.4, -0.2) is 15.9 Å². The second-order valence-corrected chi connectivity index (χ2v) is 7.47. The minimum atomic E-state index is -0.526. The lowest BCUT2D eigenvalue weighted by Crippen LogP contribution is -2.35. The number of amides is 1. The van der Waals surface area contributed by atoms with E-state index in [1.54, 1.807) is 0 Å². The summed E-state index contributed by atoms with van der Waals surface area (Å²) in [6.45, 7) is 10.4. The van der Waals surface area contributed by atoms with Gasteiger partial charge in [-0.15, -0.1) is 0 Å². The maximum absolute atomic E-state index is 12.2. The molecule has 20 heavy (non-hydrogen) atoms. The third kappa shape index (κ3) is 1.60. The van der Waals surface area contributed by atoms with E-state index in [9.17, 15) is 4.79 Å². The van der Waals surface area contributed by atoms with E-state index in [4.69, 9.17) is 4.74 Å². The topological polar surface area (TPSA) is 38.3 Å². The van der Waals surface area contributed by atoms with Crippen molar-refractivity contribution in [3.63, 3.8) is 0 Å². The van der Waals surface area contributed by atoms with E-state index in [-0.39, 0.29) is 11.5 Å². The Kier molecular flexibility index (Phi) is 2.92. The molecule has 3 nitrogen and oxygen atoms in total. The van der Waals surface area contributed by atoms with Crippen molar-refractivity contribution in [2.24, 2.45) is 0 Å². The van der Waals surface area contributed by atoms with E-state index in [1.165, 1.54) is 5.56 Å². The molecule has 1 amide bonds. The molecule has 0 radical (unpaired) electrons. The molecule has 2 heterocycles. The van der Waals surface area contributed by atoms with Gasteiger partial charge in [0, 0.05) is 21.5 Å². The molecule has 108 valence electrons. The van der Waals surface area contributed by atoms with E-state index in [1.807, 2.05) is 13.8 Å². The normalized spacial score (nSPS) is 29.7. The Hall–Kier alpha value is -0.780. The number of nitrogens with one attached hydrogen (secondary N) is 1. The number of ether oxygens (including phenoxy) is 1. The van der Waals surface area contributed by atoms with Gasteiger partial charge in [0.05, 0.1) is 11.1 Å². The molecule has 3 rings (SSSR count). The summed E-state index contributed by atoms with van der Waals surface area (Å²) < 4.78 is 7.26. The number of halogens is 1. The van der Waals surface area contributed by atoms with Gasteiger partial charge in [-0.3, -0.25) is 4.79 Å². The molecule has 0 saturated heterocycles. The Balaban J connectivity index is 2.28. The first-order valence-electron chi connectivity index (χ1n) is 6.97. The number of hydrogen-bond donors (Lipinski definition) is 1. The molecule has 1 aromatic rings. The highest BCUT2D eigenvalue weighted by Gasteiger charge is 2.49. The SMILES string of the molecule is Cc1cc2c(c3c1NC(=O)C3(C)C)O[C@@](C)(CI)[C@H]2C. The monoisotopic (exact) mass is 385 g/mol. The summed E-state index contributed by atoms with van der Waals surface area (Å²) in [6.07, 6.45) is 0. The Bertz CT molecular complexity index is 623. The molecule has 0 unspecified atom stereocenters. The highest BCUT2D eigenvalue weighted by atomic mass is 127. The minimum absolute atomic E-state index is 0.0586. The molecule has 1 aromatic carbocycles. The van der Waals surface area contributed by atoms with Gasteiger partial charge in [-0.25, -0.2) is 0 Å². The summed E-state index contributed by atoms with van der Waals surface area (Å²) in [5.74, 6) is 1.33. The molecule has 2 atom stereocenters. The lowest BCUT2D eigenvalue weighted by atomic mass is 9.81. The molecule has 4 heteroatoms. The third-order valence-electron chi connectivity index (χ3n) is 4.92. The van der Waals surface area contributed by atoms with Crippen LogP contribution in [0.5, 0.6) is 5.75 Å². The molecular formula is C16H20INO2. The largest absolute Gasteiger partial charge is 0.485 e. The van der Waals surface area contributed by atoms with Crippen LogP contribution in [0.3, 0.4) is 0 Å². The number of aryl methyl sites for hydroxylation is 1. The first-order chi connectivity index (χ1) is 9.22. The second-order valence-electron chi connectivity index (χ2n) is 6.71. The van der Waals surface area contributed by atoms with Gasteiger partial charge in [-0.2, -0.15) is 0 Å². The summed E-state index contributed by atoms with van der Waals surface area (Å²) in [7, 11) is 0. The van der Waals surface area contributed by atoms with E-state index in [0.717, 1.165) is 27.0 Å². The van der Waals surface area contributed by atoms with E-state index in [2.05, 4.69) is 54.7 Å². The van der Waals surface area contributed by atoms with Gasteiger partial charge in [0.25, 0.3) is 0 Å². The zero-order valence-corrected chi connectivity index (χ0v) is 14.7. The van der Waals surface area contributed by atoms with Gasteiger partial charge in [0.15, 0.2) is 0 Å². The molecular weight excluding hydrogens is 365 g/mol. The van der Waals surface area contributed by atoms with Crippen LogP contribution in [0.2, 0.25) is 0 Å². The smallest absolute Gasteiger partial charge is 0.234 e. The van der Waals surface area contributed by atoms with Gasteiger partial charge < -0.3 is 10.1 Å². The van der Waals surface area contributed by atoms with Crippen molar-refractivity contribution in [1.29, 1.82) is 0 Å². The highest BCUT2D eigenvalue weighted by molar-refractivity contribution is 14.1. The second kappa shape index (κ2) is 4.12. The Labute approximate surface area is 133 Å². The van der Waals surface area contributed by atoms with Crippen LogP contribution in [0.4, 0.5) is 5.69 Å². The van der Waals surface area contributed by atoms with Gasteiger partial charge in [-0.05, 0) is 39.3 Å². The Morgan fingerprint density at radius 3 is 2.65 bits per heavy atom. The quantitative estimate of drug-likeness (QED) is 0.588. The van der Waals surface area contributed by atoms with E-state index in [0.29, 0.717) is 5.92 Å². The number of carbonyl (C=O) groups excluding carboxylic acids is 1. The molecule has 0 bridgehead atoms. The van der Waals surface area contributed by atoms with Gasteiger partial charge in [0.2, 0.25) is 5.91 Å². The van der Waals surface area contributed by atoms with Crippen LogP contribution in [0.25, 0.3) is 0 Å². The number of carbonyl (C=O) groups is 1. The fraction of sp³-hybridized carbons (Fsp3) is 0.562. The van der Waals surface area contributed by atoms with Crippen molar-refractivity contribution in [2.45, 2.75) is 51.6 Å². The molecule has 0 aromatic heterocycles. The van der Waals surface area contributed by atoms with Crippen LogP contribution in [-0.2, 0) is 10.2 Å². The third-order valence-corrected chi connectivity index (χ3v) is 6.43. The summed E-state index contributed by atoms with van der Waals surface area (Å²) >= 11 is 2.38. The van der Waals surface area contributed by atoms with E-state index >= 15 is 0 Å². The summed E-state index contributed by atoms with van der Waals surface area (Å²) in [5, 5.41) is 3.03. The lowest BCUT2D eigenvalue weighted by molar-refractivity contribution is -0.119. The first-order valence-corrected chi connectivity index (χ1v) is 8.49. The fourth-order valence-corrected chi connectivity index (χ4v) is 4.01. The number of hydrogen-bond acceptors (Lipinski definition) is 2. The van der Waals surface area contributed by atoms with Gasteiger partial charge in [-0.1, -0.05) is 29.5 Å². The molecule has 2 aliphatic heterocycles. The molecule has 0 spiro atoms. The number of benzene rings is 1. The van der Waals surface area contributed by atoms with Crippen LogP contribution < -0.4 is 10.1 Å². The highest BCUT2D eigenvalue weighted by Crippen LogP contribution is 2.55. The number of fused-ring (bicyclic) bond motifs is 3. The van der Waals surface area contributed by atoms with Crippen molar-refractivity contribution in [3.8, 4) is 5.75 Å². The van der Waals surface area contributed by atoms with Crippen molar-refractivity contribution >= 4 is 34.2 Å². The predicted octanol–water partition coefficient (Wildman–Crippen LogP) is 3.91. The molecule has 0 fully saturated rings. The molecule has 0 aliphatic carbocycles. The standard InChI is InChI=1S/C16H20INO2/c1-8-6-10-9(2)16(5,7-17)20-13(10)11-12(8)18-14(19)15(11,3)4/h6,9H,7H2,1-5H3,(H,18,19)/t9-,16-/m0/s1. The number of anilines is 1. The fourth-order valence-electron chi connectivity index (χ4n) is 3.19. The van der Waals surface area contributed by atoms with Crippen molar-refractivity contribution in [1.82, 2.24) is 0 Å².